The first-order chi connectivity index (χ1) is 7.88. The molecule has 1 heterocycles. The fourth-order valence-corrected chi connectivity index (χ4v) is 1.30. The van der Waals surface area contributed by atoms with Crippen molar-refractivity contribution in [3.05, 3.63) is 29.6 Å². The number of nitrogens with zero attached hydrogens (tertiary/aromatic N) is 2. The number of rotatable bonds is 1. The maximum atomic E-state index is 12.3. The lowest BCUT2D eigenvalue weighted by Gasteiger charge is -2.07. The summed E-state index contributed by atoms with van der Waals surface area (Å²) in [7, 11) is 0. The maximum Gasteiger partial charge on any atom is 0.416 e. The second-order valence-electron chi connectivity index (χ2n) is 3.38. The minimum absolute atomic E-state index is 0.0197. The van der Waals surface area contributed by atoms with Crippen molar-refractivity contribution >= 4 is 0 Å². The molecule has 0 spiro atoms. The molecule has 2 rings (SSSR count). The number of hydrogen-bond acceptors (Lipinski definition) is 4. The topological polar surface area (TPSA) is 59.2 Å². The highest BCUT2D eigenvalue weighted by Crippen LogP contribution is 2.35. The van der Waals surface area contributed by atoms with Crippen molar-refractivity contribution in [2.75, 3.05) is 0 Å². The van der Waals surface area contributed by atoms with Crippen molar-refractivity contribution in [1.29, 1.82) is 0 Å². The van der Waals surface area contributed by atoms with Gasteiger partial charge in [0.25, 0.3) is 5.89 Å². The summed E-state index contributed by atoms with van der Waals surface area (Å²) >= 11 is 0. The first-order valence-corrected chi connectivity index (χ1v) is 4.59. The Morgan fingerprint density at radius 3 is 2.47 bits per heavy atom. The third-order valence-electron chi connectivity index (χ3n) is 2.08. The highest BCUT2D eigenvalue weighted by Gasteiger charge is 2.31. The fraction of sp³-hybridized carbons (Fsp3) is 0.200. The van der Waals surface area contributed by atoms with Gasteiger partial charge in [-0.2, -0.15) is 18.2 Å². The highest BCUT2D eigenvalue weighted by molar-refractivity contribution is 5.62. The molecule has 90 valence electrons. The van der Waals surface area contributed by atoms with E-state index in [2.05, 4.69) is 10.1 Å². The molecule has 2 aromatic rings. The van der Waals surface area contributed by atoms with Gasteiger partial charge in [-0.3, -0.25) is 0 Å². The summed E-state index contributed by atoms with van der Waals surface area (Å²) in [6.45, 7) is 1.56. The molecule has 0 saturated heterocycles. The van der Waals surface area contributed by atoms with Gasteiger partial charge in [-0.25, -0.2) is 0 Å². The van der Waals surface area contributed by atoms with Crippen LogP contribution in [0.2, 0.25) is 0 Å². The SMILES string of the molecule is Cc1noc(-c2ccc(C(F)(F)F)cc2O)n1. The minimum Gasteiger partial charge on any atom is -0.507 e. The van der Waals surface area contributed by atoms with Gasteiger partial charge in [0.2, 0.25) is 0 Å². The normalized spacial score (nSPS) is 11.8. The third kappa shape index (κ3) is 2.22. The molecule has 4 nitrogen and oxygen atoms in total. The molecule has 1 aromatic heterocycles. The van der Waals surface area contributed by atoms with Crippen molar-refractivity contribution in [1.82, 2.24) is 10.1 Å². The van der Waals surface area contributed by atoms with Crippen molar-refractivity contribution in [2.24, 2.45) is 0 Å². The van der Waals surface area contributed by atoms with Crippen LogP contribution in [0.25, 0.3) is 11.5 Å². The number of phenols is 1. The van der Waals surface area contributed by atoms with Gasteiger partial charge in [-0.05, 0) is 25.1 Å². The molecule has 0 atom stereocenters. The molecular formula is C10H7F3N2O2. The predicted molar refractivity (Wildman–Crippen MR) is 51.1 cm³/mol. The van der Waals surface area contributed by atoms with E-state index in [9.17, 15) is 18.3 Å². The lowest BCUT2D eigenvalue weighted by atomic mass is 10.1. The fourth-order valence-electron chi connectivity index (χ4n) is 1.30. The Morgan fingerprint density at radius 2 is 2.00 bits per heavy atom. The number of halogens is 3. The molecule has 0 aliphatic carbocycles. The molecule has 1 N–H and O–H groups in total. The van der Waals surface area contributed by atoms with E-state index in [-0.39, 0.29) is 11.5 Å². The number of aromatic nitrogens is 2. The first-order valence-electron chi connectivity index (χ1n) is 4.59. The van der Waals surface area contributed by atoms with Crippen LogP contribution in [0.15, 0.2) is 22.7 Å². The number of phenolic OH excluding ortho intramolecular Hbond substituents is 1. The summed E-state index contributed by atoms with van der Waals surface area (Å²) in [6, 6.07) is 2.55. The maximum absolute atomic E-state index is 12.3. The molecule has 17 heavy (non-hydrogen) atoms. The molecule has 0 aliphatic rings. The third-order valence-corrected chi connectivity index (χ3v) is 2.08. The van der Waals surface area contributed by atoms with E-state index >= 15 is 0 Å². The van der Waals surface area contributed by atoms with Gasteiger partial charge in [-0.1, -0.05) is 5.16 Å². The Bertz CT molecular complexity index is 549. The molecular weight excluding hydrogens is 237 g/mol. The average molecular weight is 244 g/mol. The van der Waals surface area contributed by atoms with E-state index in [4.69, 9.17) is 4.52 Å². The van der Waals surface area contributed by atoms with Crippen LogP contribution in [0.1, 0.15) is 11.4 Å². The zero-order valence-electron chi connectivity index (χ0n) is 8.62. The Labute approximate surface area is 93.7 Å². The molecule has 0 fully saturated rings. The molecule has 0 unspecified atom stereocenters. The molecule has 0 bridgehead atoms. The van der Waals surface area contributed by atoms with Crippen LogP contribution in [-0.2, 0) is 6.18 Å². The zero-order chi connectivity index (χ0) is 12.6. The van der Waals surface area contributed by atoms with E-state index in [1.165, 1.54) is 0 Å². The Balaban J connectivity index is 2.45. The summed E-state index contributed by atoms with van der Waals surface area (Å²) in [4.78, 5) is 3.81. The van der Waals surface area contributed by atoms with Gasteiger partial charge in [0.1, 0.15) is 5.75 Å². The number of aromatic hydroxyl groups is 1. The smallest absolute Gasteiger partial charge is 0.416 e. The van der Waals surface area contributed by atoms with E-state index < -0.39 is 17.5 Å². The number of benzene rings is 1. The van der Waals surface area contributed by atoms with Crippen LogP contribution in [-0.4, -0.2) is 15.2 Å². The van der Waals surface area contributed by atoms with Crippen molar-refractivity contribution in [3.8, 4) is 17.2 Å². The molecule has 0 radical (unpaired) electrons. The number of hydrogen-bond donors (Lipinski definition) is 1. The molecule has 1 aromatic carbocycles. The summed E-state index contributed by atoms with van der Waals surface area (Å²) in [6.07, 6.45) is -4.50. The second-order valence-corrected chi connectivity index (χ2v) is 3.38. The molecule has 0 amide bonds. The lowest BCUT2D eigenvalue weighted by molar-refractivity contribution is -0.137. The van der Waals surface area contributed by atoms with Gasteiger partial charge in [-0.15, -0.1) is 0 Å². The monoisotopic (exact) mass is 244 g/mol. The summed E-state index contributed by atoms with van der Waals surface area (Å²) in [5, 5.41) is 13.0. The van der Waals surface area contributed by atoms with Gasteiger partial charge in [0.15, 0.2) is 5.82 Å². The number of aryl methyl sites for hydroxylation is 1. The summed E-state index contributed by atoms with van der Waals surface area (Å²) in [5.41, 5.74) is -0.867. The highest BCUT2D eigenvalue weighted by atomic mass is 19.4. The van der Waals surface area contributed by atoms with Gasteiger partial charge in [0.05, 0.1) is 11.1 Å². The summed E-state index contributed by atoms with van der Waals surface area (Å²) in [5.74, 6) is -0.239. The van der Waals surface area contributed by atoms with Gasteiger partial charge < -0.3 is 9.63 Å². The predicted octanol–water partition coefficient (Wildman–Crippen LogP) is 2.77. The lowest BCUT2D eigenvalue weighted by Crippen LogP contribution is -2.04. The van der Waals surface area contributed by atoms with Crippen molar-refractivity contribution in [3.63, 3.8) is 0 Å². The zero-order valence-corrected chi connectivity index (χ0v) is 8.62. The quantitative estimate of drug-likeness (QED) is 0.837. The standard InChI is InChI=1S/C10H7F3N2O2/c1-5-14-9(17-15-5)7-3-2-6(4-8(7)16)10(11,12)13/h2-4,16H,1H3. The van der Waals surface area contributed by atoms with Gasteiger partial charge >= 0.3 is 6.18 Å². The van der Waals surface area contributed by atoms with Crippen LogP contribution in [0.4, 0.5) is 13.2 Å². The average Bonchev–Trinajstić information content (AvgIpc) is 2.63. The van der Waals surface area contributed by atoms with Crippen LogP contribution in [0.3, 0.4) is 0 Å². The molecule has 0 aliphatic heterocycles. The van der Waals surface area contributed by atoms with E-state index in [1.54, 1.807) is 6.92 Å². The van der Waals surface area contributed by atoms with E-state index in [0.29, 0.717) is 11.9 Å². The van der Waals surface area contributed by atoms with Crippen LogP contribution >= 0.6 is 0 Å². The van der Waals surface area contributed by atoms with Crippen LogP contribution in [0, 0.1) is 6.92 Å². The molecule has 7 heteroatoms. The largest absolute Gasteiger partial charge is 0.507 e. The van der Waals surface area contributed by atoms with Crippen LogP contribution in [0.5, 0.6) is 5.75 Å². The van der Waals surface area contributed by atoms with Crippen molar-refractivity contribution < 1.29 is 22.8 Å². The minimum atomic E-state index is -4.50. The Morgan fingerprint density at radius 1 is 1.29 bits per heavy atom. The second kappa shape index (κ2) is 3.76. The first kappa shape index (κ1) is 11.4. The van der Waals surface area contributed by atoms with Crippen LogP contribution < -0.4 is 0 Å². The molecule has 0 saturated carbocycles. The Hall–Kier alpha value is -2.05. The van der Waals surface area contributed by atoms with E-state index in [0.717, 1.165) is 12.1 Å². The summed E-state index contributed by atoms with van der Waals surface area (Å²) < 4.78 is 41.8. The van der Waals surface area contributed by atoms with Crippen molar-refractivity contribution in [2.45, 2.75) is 13.1 Å². The van der Waals surface area contributed by atoms with E-state index in [1.807, 2.05) is 0 Å². The van der Waals surface area contributed by atoms with Gasteiger partial charge in [0, 0.05) is 0 Å². The Kier molecular flexibility index (Phi) is 2.53. The number of alkyl halides is 3.